The third-order valence-electron chi connectivity index (χ3n) is 5.90. The van der Waals surface area contributed by atoms with Crippen molar-refractivity contribution >= 4 is 46.6 Å². The molecule has 1 atom stereocenters. The van der Waals surface area contributed by atoms with Crippen LogP contribution in [0.25, 0.3) is 0 Å². The van der Waals surface area contributed by atoms with E-state index in [9.17, 15) is 14.9 Å². The van der Waals surface area contributed by atoms with Gasteiger partial charge in [0.15, 0.2) is 0 Å². The molecule has 0 fully saturated rings. The van der Waals surface area contributed by atoms with E-state index in [1.807, 2.05) is 49.4 Å². The van der Waals surface area contributed by atoms with Gasteiger partial charge >= 0.3 is 0 Å². The summed E-state index contributed by atoms with van der Waals surface area (Å²) in [5, 5.41) is 20.3. The fourth-order valence-electron chi connectivity index (χ4n) is 4.20. The van der Waals surface area contributed by atoms with E-state index in [0.717, 1.165) is 5.56 Å². The van der Waals surface area contributed by atoms with Crippen molar-refractivity contribution in [3.8, 4) is 11.8 Å². The zero-order chi connectivity index (χ0) is 27.8. The van der Waals surface area contributed by atoms with Crippen molar-refractivity contribution in [1.82, 2.24) is 5.32 Å². The molecule has 198 valence electrons. The van der Waals surface area contributed by atoms with Crippen molar-refractivity contribution in [3.63, 3.8) is 0 Å². The molecule has 0 radical (unpaired) electrons. The van der Waals surface area contributed by atoms with E-state index in [1.54, 1.807) is 43.3 Å². The molecule has 0 saturated carbocycles. The zero-order valence-corrected chi connectivity index (χ0v) is 23.0. The number of benzene rings is 3. The van der Waals surface area contributed by atoms with E-state index >= 15 is 0 Å². The Morgan fingerprint density at radius 3 is 2.41 bits per heavy atom. The van der Waals surface area contributed by atoms with Gasteiger partial charge < -0.3 is 20.7 Å². The Hall–Kier alpha value is -4.19. The molecule has 4 rings (SSSR count). The average Bonchev–Trinajstić information content (AvgIpc) is 2.92. The van der Waals surface area contributed by atoms with Crippen molar-refractivity contribution in [2.45, 2.75) is 19.8 Å². The molecule has 0 bridgehead atoms. The second-order valence-electron chi connectivity index (χ2n) is 8.62. The number of hydrogen-bond acceptors (Lipinski definition) is 6. The van der Waals surface area contributed by atoms with Crippen LogP contribution in [-0.4, -0.2) is 24.2 Å². The van der Waals surface area contributed by atoms with Crippen LogP contribution in [0.3, 0.4) is 0 Å². The SMILES string of the molecule is CCOc1ccc([C@H]2C(C#N)=C(SCC(=O)Nc3cccc(Cl)c3)NC(C)=C2C(=O)Nc2ccccc2)cc1. The summed E-state index contributed by atoms with van der Waals surface area (Å²) in [4.78, 5) is 26.2. The fraction of sp³-hybridized carbons (Fsp3) is 0.167. The number of nitriles is 1. The van der Waals surface area contributed by atoms with Gasteiger partial charge in [0.25, 0.3) is 5.91 Å². The van der Waals surface area contributed by atoms with E-state index < -0.39 is 5.92 Å². The normalized spacial score (nSPS) is 14.8. The maximum absolute atomic E-state index is 13.5. The van der Waals surface area contributed by atoms with Gasteiger partial charge in [0.1, 0.15) is 5.75 Å². The quantitative estimate of drug-likeness (QED) is 0.279. The van der Waals surface area contributed by atoms with Gasteiger partial charge in [0, 0.05) is 27.7 Å². The lowest BCUT2D eigenvalue weighted by molar-refractivity contribution is -0.114. The first-order valence-corrected chi connectivity index (χ1v) is 13.7. The molecule has 2 amide bonds. The monoisotopic (exact) mass is 558 g/mol. The number of nitrogens with one attached hydrogen (secondary N) is 3. The molecular weight excluding hydrogens is 532 g/mol. The number of ether oxygens (including phenoxy) is 1. The largest absolute Gasteiger partial charge is 0.494 e. The van der Waals surface area contributed by atoms with Gasteiger partial charge in [-0.3, -0.25) is 9.59 Å². The van der Waals surface area contributed by atoms with Crippen LogP contribution in [0.2, 0.25) is 5.02 Å². The smallest absolute Gasteiger partial charge is 0.254 e. The number of amides is 2. The fourth-order valence-corrected chi connectivity index (χ4v) is 5.29. The summed E-state index contributed by atoms with van der Waals surface area (Å²) in [6.45, 7) is 4.22. The van der Waals surface area contributed by atoms with E-state index in [-0.39, 0.29) is 17.6 Å². The van der Waals surface area contributed by atoms with Gasteiger partial charge in [-0.2, -0.15) is 5.26 Å². The molecular formula is C30H27ClN4O3S. The van der Waals surface area contributed by atoms with Crippen LogP contribution < -0.4 is 20.7 Å². The van der Waals surface area contributed by atoms with Crippen LogP contribution in [-0.2, 0) is 9.59 Å². The minimum Gasteiger partial charge on any atom is -0.494 e. The van der Waals surface area contributed by atoms with Gasteiger partial charge in [0.05, 0.1) is 34.9 Å². The third-order valence-corrected chi connectivity index (χ3v) is 7.16. The maximum Gasteiger partial charge on any atom is 0.254 e. The van der Waals surface area contributed by atoms with Crippen LogP contribution in [0.15, 0.2) is 101 Å². The third kappa shape index (κ3) is 7.02. The summed E-state index contributed by atoms with van der Waals surface area (Å²) in [5.41, 5.74) is 3.36. The molecule has 0 aromatic heterocycles. The van der Waals surface area contributed by atoms with Crippen LogP contribution in [0, 0.1) is 11.3 Å². The maximum atomic E-state index is 13.5. The lowest BCUT2D eigenvalue weighted by Crippen LogP contribution is -2.31. The number of rotatable bonds is 9. The standard InChI is InChI=1S/C30H27ClN4O3S/c1-3-38-24-14-12-20(13-15-24)28-25(17-32)30(39-18-26(36)34-23-11-7-8-21(31)16-23)33-19(2)27(28)29(37)35-22-9-5-4-6-10-22/h4-16,28,33H,3,18H2,1-2H3,(H,34,36)(H,35,37)/t28-/m0/s1. The summed E-state index contributed by atoms with van der Waals surface area (Å²) in [6, 6.07) is 25.7. The molecule has 7 nitrogen and oxygen atoms in total. The molecule has 0 spiro atoms. The van der Waals surface area contributed by atoms with Crippen molar-refractivity contribution in [3.05, 3.63) is 111 Å². The molecule has 0 saturated heterocycles. The molecule has 3 aromatic carbocycles. The van der Waals surface area contributed by atoms with E-state index in [2.05, 4.69) is 22.0 Å². The van der Waals surface area contributed by atoms with Gasteiger partial charge in [-0.05, 0) is 61.9 Å². The molecule has 39 heavy (non-hydrogen) atoms. The Bertz CT molecular complexity index is 1460. The molecule has 3 N–H and O–H groups in total. The number of anilines is 2. The number of nitrogens with zero attached hydrogens (tertiary/aromatic N) is 1. The minimum absolute atomic E-state index is 0.0504. The van der Waals surface area contributed by atoms with Gasteiger partial charge in [-0.1, -0.05) is 59.8 Å². The first kappa shape index (κ1) is 27.8. The van der Waals surface area contributed by atoms with Crippen molar-refractivity contribution < 1.29 is 14.3 Å². The highest BCUT2D eigenvalue weighted by atomic mass is 35.5. The predicted octanol–water partition coefficient (Wildman–Crippen LogP) is 6.45. The topological polar surface area (TPSA) is 103 Å². The molecule has 9 heteroatoms. The number of carbonyl (C=O) groups is 2. The molecule has 1 heterocycles. The second-order valence-corrected chi connectivity index (χ2v) is 10.0. The Morgan fingerprint density at radius 1 is 1.03 bits per heavy atom. The van der Waals surface area contributed by atoms with Crippen molar-refractivity contribution in [2.75, 3.05) is 23.0 Å². The Kier molecular flexibility index (Phi) is 9.31. The Balaban J connectivity index is 1.64. The second kappa shape index (κ2) is 13.1. The van der Waals surface area contributed by atoms with Gasteiger partial charge in [0.2, 0.25) is 5.91 Å². The number of para-hydroxylation sites is 1. The summed E-state index contributed by atoms with van der Waals surface area (Å²) >= 11 is 7.22. The van der Waals surface area contributed by atoms with Crippen LogP contribution in [0.5, 0.6) is 5.75 Å². The number of halogens is 1. The lowest BCUT2D eigenvalue weighted by Gasteiger charge is -2.30. The highest BCUT2D eigenvalue weighted by Gasteiger charge is 2.35. The number of hydrogen-bond donors (Lipinski definition) is 3. The van der Waals surface area contributed by atoms with E-state index in [1.165, 1.54) is 11.8 Å². The molecule has 0 aliphatic carbocycles. The number of carbonyl (C=O) groups excluding carboxylic acids is 2. The molecule has 1 aliphatic rings. The average molecular weight is 559 g/mol. The highest BCUT2D eigenvalue weighted by Crippen LogP contribution is 2.41. The van der Waals surface area contributed by atoms with E-state index in [0.29, 0.717) is 50.6 Å². The molecule has 0 unspecified atom stereocenters. The van der Waals surface area contributed by atoms with Crippen LogP contribution in [0.4, 0.5) is 11.4 Å². The van der Waals surface area contributed by atoms with Crippen molar-refractivity contribution in [2.24, 2.45) is 0 Å². The summed E-state index contributed by atoms with van der Waals surface area (Å²) in [5.74, 6) is -0.467. The number of dihydropyridines is 1. The summed E-state index contributed by atoms with van der Waals surface area (Å²) in [6.07, 6.45) is 0. The zero-order valence-electron chi connectivity index (χ0n) is 21.5. The molecule has 3 aromatic rings. The Morgan fingerprint density at radius 2 is 1.74 bits per heavy atom. The summed E-state index contributed by atoms with van der Waals surface area (Å²) in [7, 11) is 0. The highest BCUT2D eigenvalue weighted by molar-refractivity contribution is 8.03. The molecule has 1 aliphatic heterocycles. The van der Waals surface area contributed by atoms with Gasteiger partial charge in [-0.25, -0.2) is 0 Å². The first-order valence-electron chi connectivity index (χ1n) is 12.3. The van der Waals surface area contributed by atoms with Crippen LogP contribution >= 0.6 is 23.4 Å². The first-order chi connectivity index (χ1) is 18.9. The summed E-state index contributed by atoms with van der Waals surface area (Å²) < 4.78 is 5.58. The number of allylic oxidation sites excluding steroid dienone is 2. The van der Waals surface area contributed by atoms with Gasteiger partial charge in [-0.15, -0.1) is 0 Å². The van der Waals surface area contributed by atoms with Crippen molar-refractivity contribution in [1.29, 1.82) is 5.26 Å². The van der Waals surface area contributed by atoms with E-state index in [4.69, 9.17) is 16.3 Å². The van der Waals surface area contributed by atoms with Crippen LogP contribution in [0.1, 0.15) is 25.3 Å². The Labute approximate surface area is 236 Å². The number of thioether (sulfide) groups is 1. The minimum atomic E-state index is -0.644. The lowest BCUT2D eigenvalue weighted by atomic mass is 9.82. The predicted molar refractivity (Wildman–Crippen MR) is 156 cm³/mol.